The summed E-state index contributed by atoms with van der Waals surface area (Å²) in [6, 6.07) is 9.52. The van der Waals surface area contributed by atoms with Gasteiger partial charge in [-0.25, -0.2) is 9.18 Å². The van der Waals surface area contributed by atoms with Crippen molar-refractivity contribution in [1.29, 1.82) is 0 Å². The molecular weight excluding hydrogens is 505 g/mol. The third kappa shape index (κ3) is 7.51. The van der Waals surface area contributed by atoms with E-state index in [1.807, 2.05) is 45.0 Å². The molecule has 1 heterocycles. The smallest absolute Gasteiger partial charge is 0.352 e. The van der Waals surface area contributed by atoms with E-state index in [0.717, 1.165) is 43.5 Å². The minimum absolute atomic E-state index is 0.0819. The third-order valence-electron chi connectivity index (χ3n) is 8.08. The molecule has 0 spiro atoms. The van der Waals surface area contributed by atoms with Crippen molar-refractivity contribution >= 4 is 11.8 Å². The molecule has 0 saturated carbocycles. The number of aryl methyl sites for hydroxylation is 1. The van der Waals surface area contributed by atoms with Crippen LogP contribution in [0.3, 0.4) is 0 Å². The zero-order valence-electron chi connectivity index (χ0n) is 25.5. The van der Waals surface area contributed by atoms with Gasteiger partial charge in [-0.2, -0.15) is 0 Å². The summed E-state index contributed by atoms with van der Waals surface area (Å²) >= 11 is 0. The number of hydrogen-bond donors (Lipinski definition) is 0. The molecule has 1 aliphatic heterocycles. The number of carbonyl (C=O) groups is 2. The summed E-state index contributed by atoms with van der Waals surface area (Å²) < 4.78 is 28.4. The van der Waals surface area contributed by atoms with Gasteiger partial charge in [0.2, 0.25) is 6.10 Å². The monoisotopic (exact) mass is 553 g/mol. The van der Waals surface area contributed by atoms with Crippen molar-refractivity contribution in [3.8, 4) is 5.75 Å². The predicted molar refractivity (Wildman–Crippen MR) is 159 cm³/mol. The van der Waals surface area contributed by atoms with Crippen LogP contribution in [0.1, 0.15) is 125 Å². The number of benzene rings is 2. The van der Waals surface area contributed by atoms with E-state index in [4.69, 9.17) is 9.47 Å². The molecule has 0 amide bonds. The Morgan fingerprint density at radius 1 is 0.925 bits per heavy atom. The second kappa shape index (κ2) is 14.8. The van der Waals surface area contributed by atoms with Gasteiger partial charge in [-0.3, -0.25) is 9.69 Å². The summed E-state index contributed by atoms with van der Waals surface area (Å²) in [5.41, 5.74) is 3.03. The number of esters is 1. The Bertz CT molecular complexity index is 1140. The molecule has 1 aliphatic rings. The van der Waals surface area contributed by atoms with Gasteiger partial charge in [0.25, 0.3) is 0 Å². The molecule has 2 aromatic carbocycles. The Hall–Kier alpha value is -2.73. The fourth-order valence-electron chi connectivity index (χ4n) is 5.44. The molecule has 1 fully saturated rings. The van der Waals surface area contributed by atoms with Gasteiger partial charge in [-0.1, -0.05) is 71.7 Å². The molecule has 2 aromatic rings. The van der Waals surface area contributed by atoms with Crippen molar-refractivity contribution in [2.75, 3.05) is 13.1 Å². The van der Waals surface area contributed by atoms with Crippen molar-refractivity contribution in [3.63, 3.8) is 0 Å². The van der Waals surface area contributed by atoms with E-state index >= 15 is 4.39 Å². The zero-order valence-corrected chi connectivity index (χ0v) is 25.5. The summed E-state index contributed by atoms with van der Waals surface area (Å²) in [7, 11) is 0. The van der Waals surface area contributed by atoms with Crippen LogP contribution in [0, 0.1) is 5.82 Å². The lowest BCUT2D eigenvalue weighted by molar-refractivity contribution is -0.160. The molecule has 3 atom stereocenters. The number of carbonyl (C=O) groups excluding carboxylic acids is 2. The van der Waals surface area contributed by atoms with Gasteiger partial charge >= 0.3 is 5.97 Å². The fraction of sp³-hybridized carbons (Fsp3) is 0.588. The summed E-state index contributed by atoms with van der Waals surface area (Å²) in [6.45, 7) is 16.0. The molecule has 5 nitrogen and oxygen atoms in total. The van der Waals surface area contributed by atoms with Crippen LogP contribution in [0.15, 0.2) is 30.3 Å². The maximum absolute atomic E-state index is 15.8. The van der Waals surface area contributed by atoms with E-state index in [9.17, 15) is 9.59 Å². The minimum Gasteiger partial charge on any atom is -0.473 e. The highest BCUT2D eigenvalue weighted by Crippen LogP contribution is 2.36. The number of ether oxygens (including phenoxy) is 2. The van der Waals surface area contributed by atoms with E-state index in [2.05, 4.69) is 25.7 Å². The van der Waals surface area contributed by atoms with Crippen LogP contribution in [-0.2, 0) is 22.4 Å². The van der Waals surface area contributed by atoms with Crippen LogP contribution in [0.25, 0.3) is 0 Å². The van der Waals surface area contributed by atoms with Crippen LogP contribution < -0.4 is 4.74 Å². The lowest BCUT2D eigenvalue weighted by atomic mass is 9.94. The first-order valence-electron chi connectivity index (χ1n) is 15.2. The molecule has 0 radical (unpaired) electrons. The van der Waals surface area contributed by atoms with Crippen molar-refractivity contribution < 1.29 is 23.5 Å². The van der Waals surface area contributed by atoms with Crippen molar-refractivity contribution in [2.24, 2.45) is 0 Å². The topological polar surface area (TPSA) is 55.8 Å². The average Bonchev–Trinajstić information content (AvgIpc) is 3.48. The van der Waals surface area contributed by atoms with Crippen molar-refractivity contribution in [1.82, 2.24) is 4.90 Å². The molecule has 0 aliphatic carbocycles. The summed E-state index contributed by atoms with van der Waals surface area (Å²) in [5.74, 6) is -0.559. The van der Waals surface area contributed by atoms with E-state index in [1.165, 1.54) is 0 Å². The number of ketones is 1. The summed E-state index contributed by atoms with van der Waals surface area (Å²) in [5, 5.41) is 0. The number of nitrogens with zero attached hydrogens (tertiary/aromatic N) is 1. The lowest BCUT2D eigenvalue weighted by Crippen LogP contribution is -2.41. The number of Topliss-reactive ketones (excluding diaryl/α,β-unsaturated/α-hetero) is 1. The average molecular weight is 554 g/mol. The third-order valence-corrected chi connectivity index (χ3v) is 8.08. The first-order valence-corrected chi connectivity index (χ1v) is 15.2. The van der Waals surface area contributed by atoms with Crippen LogP contribution >= 0.6 is 0 Å². The second-order valence-corrected chi connectivity index (χ2v) is 11.4. The van der Waals surface area contributed by atoms with Crippen molar-refractivity contribution in [2.45, 2.75) is 118 Å². The highest BCUT2D eigenvalue weighted by atomic mass is 19.1. The molecule has 0 bridgehead atoms. The largest absolute Gasteiger partial charge is 0.473 e. The Morgan fingerprint density at radius 2 is 1.52 bits per heavy atom. The van der Waals surface area contributed by atoms with Crippen LogP contribution in [0.5, 0.6) is 5.75 Å². The number of rotatable bonds is 14. The highest BCUT2D eigenvalue weighted by molar-refractivity contribution is 5.97. The predicted octanol–water partition coefficient (Wildman–Crippen LogP) is 7.98. The van der Waals surface area contributed by atoms with Crippen LogP contribution in [0.2, 0.25) is 0 Å². The molecule has 40 heavy (non-hydrogen) atoms. The van der Waals surface area contributed by atoms with Gasteiger partial charge < -0.3 is 9.47 Å². The lowest BCUT2D eigenvalue weighted by Gasteiger charge is -2.30. The van der Waals surface area contributed by atoms with E-state index in [1.54, 1.807) is 13.0 Å². The van der Waals surface area contributed by atoms with Gasteiger partial charge in [-0.15, -0.1) is 0 Å². The van der Waals surface area contributed by atoms with E-state index in [0.29, 0.717) is 42.1 Å². The van der Waals surface area contributed by atoms with E-state index in [-0.39, 0.29) is 29.9 Å². The quantitative estimate of drug-likeness (QED) is 0.175. The minimum atomic E-state index is -1.06. The van der Waals surface area contributed by atoms with Gasteiger partial charge in [-0.05, 0) is 75.7 Å². The molecule has 1 saturated heterocycles. The Balaban J connectivity index is 2.06. The number of halogens is 1. The van der Waals surface area contributed by atoms with Crippen LogP contribution in [0.4, 0.5) is 4.39 Å². The van der Waals surface area contributed by atoms with Gasteiger partial charge in [0.05, 0.1) is 5.56 Å². The summed E-state index contributed by atoms with van der Waals surface area (Å²) in [6.07, 6.45) is 3.60. The molecular formula is C34H48FNO4. The van der Waals surface area contributed by atoms with Crippen molar-refractivity contribution in [3.05, 3.63) is 64.0 Å². The molecule has 6 heteroatoms. The van der Waals surface area contributed by atoms with Gasteiger partial charge in [0.1, 0.15) is 17.7 Å². The summed E-state index contributed by atoms with van der Waals surface area (Å²) in [4.78, 5) is 28.8. The molecule has 0 N–H and O–H groups in total. The molecule has 3 rings (SSSR count). The maximum Gasteiger partial charge on any atom is 0.352 e. The second-order valence-electron chi connectivity index (χ2n) is 11.4. The normalized spacial score (nSPS) is 16.1. The first kappa shape index (κ1) is 31.8. The van der Waals surface area contributed by atoms with Crippen LogP contribution in [-0.4, -0.2) is 41.9 Å². The maximum atomic E-state index is 15.8. The number of hydrogen-bond acceptors (Lipinski definition) is 5. The fourth-order valence-corrected chi connectivity index (χ4v) is 5.44. The standard InChI is InChI=1S/C34H48FNO4/c1-8-13-27-21-29(30(37)10-3)31(35)28(14-9-2)32(27)40-33(26-17-15-25(16-18-26)22(4)5)34(38)39-24(7)23(6)36-19-11-12-20-36/h15-18,21-24,33H,8-14,19-20H2,1-7H3/t23?,24-,33?/m1/s1. The molecule has 0 aromatic heterocycles. The zero-order chi connectivity index (χ0) is 29.4. The Morgan fingerprint density at radius 3 is 2.08 bits per heavy atom. The Labute approximate surface area is 240 Å². The Kier molecular flexibility index (Phi) is 11.7. The van der Waals surface area contributed by atoms with Gasteiger partial charge in [0.15, 0.2) is 5.78 Å². The highest BCUT2D eigenvalue weighted by Gasteiger charge is 2.33. The SMILES string of the molecule is CCCc1cc(C(=O)CC)c(F)c(CCC)c1OC(C(=O)O[C@H](C)C(C)N1CCCC1)c1ccc(C(C)C)cc1. The molecule has 2 unspecified atom stereocenters. The van der Waals surface area contributed by atoms with Gasteiger partial charge in [0, 0.05) is 23.6 Å². The first-order chi connectivity index (χ1) is 19.1. The molecule has 220 valence electrons. The van der Waals surface area contributed by atoms with E-state index < -0.39 is 17.9 Å². The number of likely N-dealkylation sites (tertiary alicyclic amines) is 1.